The Balaban J connectivity index is 2.15. The Kier molecular flexibility index (Phi) is 4.78. The van der Waals surface area contributed by atoms with Crippen LogP contribution in [0.3, 0.4) is 0 Å². The van der Waals surface area contributed by atoms with Crippen LogP contribution < -0.4 is 5.32 Å². The van der Waals surface area contributed by atoms with Gasteiger partial charge in [-0.3, -0.25) is 0 Å². The van der Waals surface area contributed by atoms with E-state index >= 15 is 0 Å². The van der Waals surface area contributed by atoms with E-state index in [1.54, 1.807) is 0 Å². The first-order chi connectivity index (χ1) is 6.20. The van der Waals surface area contributed by atoms with Crippen LogP contribution in [0.1, 0.15) is 19.3 Å². The number of nitrogens with zero attached hydrogens (tertiary/aromatic N) is 1. The molecule has 1 atom stereocenters. The maximum Gasteiger partial charge on any atom is 0.0308 e. The molecule has 13 heavy (non-hydrogen) atoms. The van der Waals surface area contributed by atoms with Crippen LogP contribution in [0.15, 0.2) is 11.6 Å². The van der Waals surface area contributed by atoms with Crippen LogP contribution in [0, 0.1) is 0 Å². The Morgan fingerprint density at radius 2 is 2.38 bits per heavy atom. The maximum absolute atomic E-state index is 5.66. The van der Waals surface area contributed by atoms with Gasteiger partial charge in [-0.15, -0.1) is 0 Å². The first-order valence-corrected chi connectivity index (χ1v) is 5.32. The van der Waals surface area contributed by atoms with Crippen molar-refractivity contribution in [2.45, 2.75) is 25.3 Å². The fraction of sp³-hybridized carbons (Fsp3) is 0.800. The number of hydrogen-bond donors (Lipinski definition) is 1. The monoisotopic (exact) mass is 202 g/mol. The van der Waals surface area contributed by atoms with Crippen molar-refractivity contribution in [3.63, 3.8) is 0 Å². The Bertz CT molecular complexity index is 170. The summed E-state index contributed by atoms with van der Waals surface area (Å²) < 4.78 is 0. The van der Waals surface area contributed by atoms with E-state index < -0.39 is 0 Å². The minimum Gasteiger partial charge on any atom is -0.310 e. The van der Waals surface area contributed by atoms with Gasteiger partial charge in [-0.25, -0.2) is 0 Å². The zero-order chi connectivity index (χ0) is 9.68. The Hall–Kier alpha value is -0.0500. The van der Waals surface area contributed by atoms with Crippen LogP contribution >= 0.6 is 11.6 Å². The van der Waals surface area contributed by atoms with Crippen molar-refractivity contribution in [3.8, 4) is 0 Å². The highest BCUT2D eigenvalue weighted by Gasteiger charge is 2.17. The molecule has 2 nitrogen and oxygen atoms in total. The van der Waals surface area contributed by atoms with Gasteiger partial charge in [0.05, 0.1) is 0 Å². The number of likely N-dealkylation sites (N-methyl/N-ethyl adjacent to an activating group) is 1. The standard InChI is InChI=1S/C10H19ClN2/c1-9(11)7-12-8-10-5-3-4-6-13(10)2/h10,12H,1,3-8H2,2H3. The van der Waals surface area contributed by atoms with Gasteiger partial charge >= 0.3 is 0 Å². The van der Waals surface area contributed by atoms with Gasteiger partial charge in [0.2, 0.25) is 0 Å². The molecule has 0 saturated carbocycles. The summed E-state index contributed by atoms with van der Waals surface area (Å²) in [5, 5.41) is 4.00. The van der Waals surface area contributed by atoms with Gasteiger partial charge in [0.15, 0.2) is 0 Å². The normalized spacial score (nSPS) is 24.6. The molecule has 1 saturated heterocycles. The summed E-state index contributed by atoms with van der Waals surface area (Å²) in [6.45, 7) is 6.63. The van der Waals surface area contributed by atoms with Crippen molar-refractivity contribution in [1.82, 2.24) is 10.2 Å². The molecule has 0 bridgehead atoms. The molecule has 1 unspecified atom stereocenters. The van der Waals surface area contributed by atoms with Gasteiger partial charge in [0.1, 0.15) is 0 Å². The lowest BCUT2D eigenvalue weighted by atomic mass is 10.0. The highest BCUT2D eigenvalue weighted by Crippen LogP contribution is 2.13. The largest absolute Gasteiger partial charge is 0.310 e. The summed E-state index contributed by atoms with van der Waals surface area (Å²) >= 11 is 5.66. The van der Waals surface area contributed by atoms with E-state index in [9.17, 15) is 0 Å². The van der Waals surface area contributed by atoms with E-state index in [0.717, 1.165) is 13.1 Å². The molecule has 0 radical (unpaired) electrons. The molecule has 3 heteroatoms. The Labute approximate surface area is 85.9 Å². The number of halogens is 1. The second kappa shape index (κ2) is 5.63. The molecule has 1 heterocycles. The molecular weight excluding hydrogens is 184 g/mol. The Morgan fingerprint density at radius 3 is 3.00 bits per heavy atom. The summed E-state index contributed by atoms with van der Waals surface area (Å²) in [5.41, 5.74) is 0. The van der Waals surface area contributed by atoms with Crippen molar-refractivity contribution in [1.29, 1.82) is 0 Å². The third-order valence-corrected chi connectivity index (χ3v) is 2.75. The van der Waals surface area contributed by atoms with Gasteiger partial charge in [0.25, 0.3) is 0 Å². The minimum absolute atomic E-state index is 0.685. The van der Waals surface area contributed by atoms with Crippen molar-refractivity contribution in [2.24, 2.45) is 0 Å². The summed E-state index contributed by atoms with van der Waals surface area (Å²) in [6.07, 6.45) is 4.01. The number of likely N-dealkylation sites (tertiary alicyclic amines) is 1. The van der Waals surface area contributed by atoms with E-state index in [-0.39, 0.29) is 0 Å². The molecule has 1 N–H and O–H groups in total. The molecule has 1 aliphatic heterocycles. The maximum atomic E-state index is 5.66. The molecule has 0 aromatic carbocycles. The van der Waals surface area contributed by atoms with Crippen molar-refractivity contribution < 1.29 is 0 Å². The van der Waals surface area contributed by atoms with Gasteiger partial charge in [0, 0.05) is 24.2 Å². The average Bonchev–Trinajstić information content (AvgIpc) is 2.08. The van der Waals surface area contributed by atoms with Gasteiger partial charge < -0.3 is 10.2 Å². The van der Waals surface area contributed by atoms with E-state index in [1.165, 1.54) is 25.8 Å². The van der Waals surface area contributed by atoms with E-state index in [1.807, 2.05) is 0 Å². The fourth-order valence-corrected chi connectivity index (χ4v) is 1.87. The van der Waals surface area contributed by atoms with E-state index in [2.05, 4.69) is 23.8 Å². The van der Waals surface area contributed by atoms with Crippen molar-refractivity contribution in [3.05, 3.63) is 11.6 Å². The molecule has 0 aromatic rings. The lowest BCUT2D eigenvalue weighted by Gasteiger charge is -2.32. The Morgan fingerprint density at radius 1 is 1.62 bits per heavy atom. The van der Waals surface area contributed by atoms with Crippen molar-refractivity contribution >= 4 is 11.6 Å². The minimum atomic E-state index is 0.685. The van der Waals surface area contributed by atoms with Crippen molar-refractivity contribution in [2.75, 3.05) is 26.7 Å². The molecule has 1 rings (SSSR count). The SMILES string of the molecule is C=C(Cl)CNCC1CCCCN1C. The number of piperidine rings is 1. The average molecular weight is 203 g/mol. The molecule has 0 spiro atoms. The predicted molar refractivity (Wildman–Crippen MR) is 58.1 cm³/mol. The first kappa shape index (κ1) is 11.0. The smallest absolute Gasteiger partial charge is 0.0308 e. The second-order valence-electron chi connectivity index (χ2n) is 3.78. The van der Waals surface area contributed by atoms with Gasteiger partial charge in [-0.05, 0) is 26.4 Å². The third kappa shape index (κ3) is 4.12. The lowest BCUT2D eigenvalue weighted by Crippen LogP contribution is -2.43. The second-order valence-corrected chi connectivity index (χ2v) is 4.31. The summed E-state index contributed by atoms with van der Waals surface area (Å²) in [6, 6.07) is 0.685. The fourth-order valence-electron chi connectivity index (χ4n) is 1.78. The first-order valence-electron chi connectivity index (χ1n) is 4.94. The zero-order valence-corrected chi connectivity index (χ0v) is 9.11. The molecule has 76 valence electrons. The van der Waals surface area contributed by atoms with Crippen LogP contribution in [0.5, 0.6) is 0 Å². The van der Waals surface area contributed by atoms with Gasteiger partial charge in [-0.1, -0.05) is 24.6 Å². The lowest BCUT2D eigenvalue weighted by molar-refractivity contribution is 0.183. The molecule has 0 aromatic heterocycles. The molecule has 0 amide bonds. The molecule has 0 aliphatic carbocycles. The van der Waals surface area contributed by atoms with Crippen LogP contribution in [0.4, 0.5) is 0 Å². The highest BCUT2D eigenvalue weighted by molar-refractivity contribution is 6.29. The number of nitrogens with one attached hydrogen (secondary N) is 1. The summed E-state index contributed by atoms with van der Waals surface area (Å²) in [7, 11) is 2.20. The number of rotatable bonds is 4. The molecule has 1 aliphatic rings. The summed E-state index contributed by atoms with van der Waals surface area (Å²) in [5.74, 6) is 0. The van der Waals surface area contributed by atoms with Crippen LogP contribution in [-0.2, 0) is 0 Å². The topological polar surface area (TPSA) is 15.3 Å². The summed E-state index contributed by atoms with van der Waals surface area (Å²) in [4.78, 5) is 2.42. The van der Waals surface area contributed by atoms with Gasteiger partial charge in [-0.2, -0.15) is 0 Å². The van der Waals surface area contributed by atoms with E-state index in [4.69, 9.17) is 11.6 Å². The molecule has 1 fully saturated rings. The zero-order valence-electron chi connectivity index (χ0n) is 8.35. The van der Waals surface area contributed by atoms with Crippen LogP contribution in [0.25, 0.3) is 0 Å². The number of hydrogen-bond acceptors (Lipinski definition) is 2. The highest BCUT2D eigenvalue weighted by atomic mass is 35.5. The van der Waals surface area contributed by atoms with Crippen LogP contribution in [-0.4, -0.2) is 37.6 Å². The van der Waals surface area contributed by atoms with E-state index in [0.29, 0.717) is 11.1 Å². The quantitative estimate of drug-likeness (QED) is 0.748. The third-order valence-electron chi connectivity index (χ3n) is 2.62. The predicted octanol–water partition coefficient (Wildman–Crippen LogP) is 1.81. The van der Waals surface area contributed by atoms with Crippen LogP contribution in [0.2, 0.25) is 0 Å². The molecular formula is C10H19ClN2.